The summed E-state index contributed by atoms with van der Waals surface area (Å²) in [4.78, 5) is 21.0. The van der Waals surface area contributed by atoms with Crippen LogP contribution in [-0.2, 0) is 6.54 Å². The van der Waals surface area contributed by atoms with E-state index in [1.165, 1.54) is 10.8 Å². The van der Waals surface area contributed by atoms with Crippen LogP contribution in [0.2, 0.25) is 0 Å². The second-order valence-electron chi connectivity index (χ2n) is 6.27. The number of carbonyl (C=O) groups excluding carboxylic acids is 1. The van der Waals surface area contributed by atoms with E-state index in [0.717, 1.165) is 42.3 Å². The number of fused-ring (bicyclic) bond motifs is 1. The molecule has 1 aliphatic heterocycles. The van der Waals surface area contributed by atoms with E-state index in [2.05, 4.69) is 16.0 Å². The monoisotopic (exact) mass is 373 g/mol. The van der Waals surface area contributed by atoms with Crippen LogP contribution in [0.1, 0.15) is 15.4 Å². The Morgan fingerprint density at radius 3 is 2.54 bits per heavy atom. The lowest BCUT2D eigenvalue weighted by molar-refractivity contribution is 0.0628. The molecule has 0 bridgehead atoms. The van der Waals surface area contributed by atoms with Gasteiger partial charge in [0.15, 0.2) is 11.6 Å². The van der Waals surface area contributed by atoms with E-state index in [1.807, 2.05) is 18.2 Å². The number of para-hydroxylation sites is 1. The molecule has 1 aromatic heterocycles. The highest BCUT2D eigenvalue weighted by atomic mass is 32.1. The first-order valence-corrected chi connectivity index (χ1v) is 9.23. The minimum atomic E-state index is -0.995. The zero-order chi connectivity index (χ0) is 18.1. The molecule has 0 spiro atoms. The Kier molecular flexibility index (Phi) is 4.65. The van der Waals surface area contributed by atoms with E-state index in [-0.39, 0.29) is 11.5 Å². The van der Waals surface area contributed by atoms with Crippen LogP contribution in [0.5, 0.6) is 0 Å². The molecule has 1 fully saturated rings. The number of carbonyl (C=O) groups is 1. The van der Waals surface area contributed by atoms with Crippen molar-refractivity contribution < 1.29 is 13.6 Å². The van der Waals surface area contributed by atoms with Crippen LogP contribution in [0.4, 0.5) is 8.78 Å². The summed E-state index contributed by atoms with van der Waals surface area (Å²) in [6, 6.07) is 11.3. The molecule has 3 aromatic rings. The van der Waals surface area contributed by atoms with Crippen LogP contribution in [0.25, 0.3) is 10.2 Å². The van der Waals surface area contributed by atoms with Gasteiger partial charge in [0.05, 0.1) is 16.8 Å². The molecular weight excluding hydrogens is 356 g/mol. The summed E-state index contributed by atoms with van der Waals surface area (Å²) in [6.07, 6.45) is 0. The predicted octanol–water partition coefficient (Wildman–Crippen LogP) is 3.53. The number of piperazine rings is 1. The fourth-order valence-electron chi connectivity index (χ4n) is 3.10. The number of thiazole rings is 1. The Balaban J connectivity index is 1.37. The highest BCUT2D eigenvalue weighted by Gasteiger charge is 2.23. The van der Waals surface area contributed by atoms with Gasteiger partial charge in [-0.1, -0.05) is 12.1 Å². The SMILES string of the molecule is O=C(c1ccc(F)c(F)c1)N1CCN(Cc2nc3ccccc3s2)CC1. The first-order valence-electron chi connectivity index (χ1n) is 8.41. The Labute approximate surface area is 153 Å². The Morgan fingerprint density at radius 1 is 1.04 bits per heavy atom. The first-order chi connectivity index (χ1) is 12.6. The van der Waals surface area contributed by atoms with Gasteiger partial charge in [-0.25, -0.2) is 13.8 Å². The lowest BCUT2D eigenvalue weighted by Gasteiger charge is -2.34. The quantitative estimate of drug-likeness (QED) is 0.705. The second-order valence-corrected chi connectivity index (χ2v) is 7.39. The zero-order valence-electron chi connectivity index (χ0n) is 14.0. The number of nitrogens with zero attached hydrogens (tertiary/aromatic N) is 3. The topological polar surface area (TPSA) is 36.4 Å². The summed E-state index contributed by atoms with van der Waals surface area (Å²) >= 11 is 1.69. The van der Waals surface area contributed by atoms with Gasteiger partial charge < -0.3 is 4.90 Å². The molecule has 0 radical (unpaired) electrons. The van der Waals surface area contributed by atoms with Gasteiger partial charge in [0, 0.05) is 31.7 Å². The van der Waals surface area contributed by atoms with Gasteiger partial charge in [-0.05, 0) is 30.3 Å². The summed E-state index contributed by atoms with van der Waals surface area (Å²) < 4.78 is 27.5. The smallest absolute Gasteiger partial charge is 0.254 e. The number of amides is 1. The molecule has 0 atom stereocenters. The third kappa shape index (κ3) is 3.45. The average molecular weight is 373 g/mol. The van der Waals surface area contributed by atoms with E-state index >= 15 is 0 Å². The Bertz CT molecular complexity index is 918. The van der Waals surface area contributed by atoms with Crippen molar-refractivity contribution in [2.45, 2.75) is 6.54 Å². The summed E-state index contributed by atoms with van der Waals surface area (Å²) in [5.74, 6) is -2.20. The minimum Gasteiger partial charge on any atom is -0.336 e. The maximum absolute atomic E-state index is 13.3. The molecular formula is C19H17F2N3OS. The van der Waals surface area contributed by atoms with Gasteiger partial charge >= 0.3 is 0 Å². The predicted molar refractivity (Wildman–Crippen MR) is 97.2 cm³/mol. The standard InChI is InChI=1S/C19H17F2N3OS/c20-14-6-5-13(11-15(14)21)19(25)24-9-7-23(8-10-24)12-18-22-16-3-1-2-4-17(16)26-18/h1-6,11H,7-10,12H2. The van der Waals surface area contributed by atoms with Crippen LogP contribution in [0, 0.1) is 11.6 Å². The van der Waals surface area contributed by atoms with Crippen molar-refractivity contribution in [2.24, 2.45) is 0 Å². The van der Waals surface area contributed by atoms with E-state index in [9.17, 15) is 13.6 Å². The molecule has 2 heterocycles. The van der Waals surface area contributed by atoms with Crippen LogP contribution in [0.3, 0.4) is 0 Å². The minimum absolute atomic E-state index is 0.184. The molecule has 0 aliphatic carbocycles. The zero-order valence-corrected chi connectivity index (χ0v) is 14.8. The maximum Gasteiger partial charge on any atom is 0.254 e. The number of hydrogen-bond acceptors (Lipinski definition) is 4. The van der Waals surface area contributed by atoms with Crippen molar-refractivity contribution in [2.75, 3.05) is 26.2 Å². The molecule has 4 rings (SSSR count). The molecule has 1 aliphatic rings. The van der Waals surface area contributed by atoms with Gasteiger partial charge in [0.25, 0.3) is 5.91 Å². The van der Waals surface area contributed by atoms with Gasteiger partial charge in [0.1, 0.15) is 5.01 Å². The molecule has 7 heteroatoms. The average Bonchev–Trinajstić information content (AvgIpc) is 3.06. The highest BCUT2D eigenvalue weighted by molar-refractivity contribution is 7.18. The summed E-state index contributed by atoms with van der Waals surface area (Å²) in [6.45, 7) is 3.33. The van der Waals surface area contributed by atoms with Crippen LogP contribution in [0.15, 0.2) is 42.5 Å². The van der Waals surface area contributed by atoms with Gasteiger partial charge in [0.2, 0.25) is 0 Å². The van der Waals surface area contributed by atoms with Crippen molar-refractivity contribution >= 4 is 27.5 Å². The first kappa shape index (κ1) is 17.1. The molecule has 1 amide bonds. The third-order valence-electron chi connectivity index (χ3n) is 4.52. The van der Waals surface area contributed by atoms with E-state index in [1.54, 1.807) is 16.2 Å². The second kappa shape index (κ2) is 7.09. The number of benzene rings is 2. The van der Waals surface area contributed by atoms with Crippen molar-refractivity contribution in [1.82, 2.24) is 14.8 Å². The molecule has 0 saturated carbocycles. The summed E-state index contributed by atoms with van der Waals surface area (Å²) in [7, 11) is 0. The van der Waals surface area contributed by atoms with Gasteiger partial charge in [-0.2, -0.15) is 0 Å². The molecule has 0 N–H and O–H groups in total. The lowest BCUT2D eigenvalue weighted by atomic mass is 10.1. The van der Waals surface area contributed by atoms with Gasteiger partial charge in [-0.15, -0.1) is 11.3 Å². The van der Waals surface area contributed by atoms with Crippen molar-refractivity contribution in [3.8, 4) is 0 Å². The Hall–Kier alpha value is -2.38. The molecule has 134 valence electrons. The summed E-state index contributed by atoms with van der Waals surface area (Å²) in [5, 5.41) is 1.06. The largest absolute Gasteiger partial charge is 0.336 e. The number of rotatable bonds is 3. The van der Waals surface area contributed by atoms with E-state index < -0.39 is 11.6 Å². The van der Waals surface area contributed by atoms with Crippen LogP contribution in [-0.4, -0.2) is 46.9 Å². The molecule has 26 heavy (non-hydrogen) atoms. The molecule has 4 nitrogen and oxygen atoms in total. The third-order valence-corrected chi connectivity index (χ3v) is 5.54. The highest BCUT2D eigenvalue weighted by Crippen LogP contribution is 2.23. The molecule has 2 aromatic carbocycles. The molecule has 0 unspecified atom stereocenters. The lowest BCUT2D eigenvalue weighted by Crippen LogP contribution is -2.48. The fourth-order valence-corrected chi connectivity index (χ4v) is 4.11. The van der Waals surface area contributed by atoms with Crippen molar-refractivity contribution in [1.29, 1.82) is 0 Å². The van der Waals surface area contributed by atoms with E-state index in [4.69, 9.17) is 0 Å². The normalized spacial score (nSPS) is 15.5. The number of aromatic nitrogens is 1. The maximum atomic E-state index is 13.3. The Morgan fingerprint density at radius 2 is 1.81 bits per heavy atom. The van der Waals surface area contributed by atoms with Crippen LogP contribution >= 0.6 is 11.3 Å². The fraction of sp³-hybridized carbons (Fsp3) is 0.263. The van der Waals surface area contributed by atoms with Crippen molar-refractivity contribution in [3.63, 3.8) is 0 Å². The number of halogens is 2. The van der Waals surface area contributed by atoms with Crippen molar-refractivity contribution in [3.05, 3.63) is 64.7 Å². The summed E-state index contributed by atoms with van der Waals surface area (Å²) in [5.41, 5.74) is 1.20. The number of hydrogen-bond donors (Lipinski definition) is 0. The van der Waals surface area contributed by atoms with Crippen LogP contribution < -0.4 is 0 Å². The van der Waals surface area contributed by atoms with Gasteiger partial charge in [-0.3, -0.25) is 9.69 Å². The molecule has 1 saturated heterocycles. The van der Waals surface area contributed by atoms with E-state index in [0.29, 0.717) is 13.1 Å².